The molecule has 3 heterocycles. The summed E-state index contributed by atoms with van der Waals surface area (Å²) in [5.41, 5.74) is 2.61. The van der Waals surface area contributed by atoms with Crippen LogP contribution in [0, 0.1) is 19.7 Å². The first kappa shape index (κ1) is 19.8. The molecule has 0 fully saturated rings. The van der Waals surface area contributed by atoms with E-state index in [0.29, 0.717) is 24.1 Å². The molecule has 1 aromatic carbocycles. The molecule has 0 bridgehead atoms. The molecule has 1 N–H and O–H groups in total. The van der Waals surface area contributed by atoms with E-state index in [1.807, 2.05) is 19.9 Å². The number of aromatic nitrogens is 6. The SMILES string of the molecule is Cc1nn(Cn2ccc(C(=O)Nc3ccn(Cc4cccc(F)c4)n3)n2)c(C)c1Cl. The van der Waals surface area contributed by atoms with E-state index in [4.69, 9.17) is 11.6 Å². The van der Waals surface area contributed by atoms with Crippen LogP contribution in [-0.4, -0.2) is 35.2 Å². The number of aryl methyl sites for hydroxylation is 1. The Kier molecular flexibility index (Phi) is 5.37. The number of halogens is 2. The molecule has 4 aromatic rings. The van der Waals surface area contributed by atoms with Crippen molar-refractivity contribution in [1.29, 1.82) is 0 Å². The number of hydrogen-bond acceptors (Lipinski definition) is 4. The summed E-state index contributed by atoms with van der Waals surface area (Å²) in [6, 6.07) is 9.58. The van der Waals surface area contributed by atoms with Gasteiger partial charge in [0, 0.05) is 18.5 Å². The summed E-state index contributed by atoms with van der Waals surface area (Å²) in [7, 11) is 0. The molecule has 0 radical (unpaired) electrons. The van der Waals surface area contributed by atoms with Crippen LogP contribution in [0.15, 0.2) is 48.8 Å². The first-order valence-electron chi connectivity index (χ1n) is 9.21. The number of hydrogen-bond donors (Lipinski definition) is 1. The van der Waals surface area contributed by atoms with Gasteiger partial charge < -0.3 is 5.32 Å². The summed E-state index contributed by atoms with van der Waals surface area (Å²) in [4.78, 5) is 12.5. The summed E-state index contributed by atoms with van der Waals surface area (Å²) >= 11 is 6.17. The second-order valence-electron chi connectivity index (χ2n) is 6.85. The highest BCUT2D eigenvalue weighted by Crippen LogP contribution is 2.18. The van der Waals surface area contributed by atoms with Crippen LogP contribution in [0.2, 0.25) is 5.02 Å². The van der Waals surface area contributed by atoms with E-state index >= 15 is 0 Å². The molecule has 154 valence electrons. The van der Waals surface area contributed by atoms with Crippen molar-refractivity contribution >= 4 is 23.3 Å². The highest BCUT2D eigenvalue weighted by molar-refractivity contribution is 6.31. The number of amides is 1. The first-order valence-corrected chi connectivity index (χ1v) is 9.59. The van der Waals surface area contributed by atoms with E-state index in [1.54, 1.807) is 44.6 Å². The maximum absolute atomic E-state index is 13.3. The molecular weight excluding hydrogens is 409 g/mol. The van der Waals surface area contributed by atoms with Gasteiger partial charge in [0.15, 0.2) is 11.5 Å². The highest BCUT2D eigenvalue weighted by Gasteiger charge is 2.14. The summed E-state index contributed by atoms with van der Waals surface area (Å²) in [6.45, 7) is 4.45. The molecule has 0 unspecified atom stereocenters. The second-order valence-corrected chi connectivity index (χ2v) is 7.23. The molecule has 0 atom stereocenters. The summed E-state index contributed by atoms with van der Waals surface area (Å²) in [5.74, 6) is -0.293. The van der Waals surface area contributed by atoms with Gasteiger partial charge in [0.2, 0.25) is 0 Å². The third-order valence-corrected chi connectivity index (χ3v) is 5.11. The van der Waals surface area contributed by atoms with Gasteiger partial charge in [-0.2, -0.15) is 15.3 Å². The van der Waals surface area contributed by atoms with Crippen molar-refractivity contribution in [2.24, 2.45) is 0 Å². The van der Waals surface area contributed by atoms with Gasteiger partial charge in [-0.1, -0.05) is 23.7 Å². The van der Waals surface area contributed by atoms with Crippen LogP contribution in [0.3, 0.4) is 0 Å². The molecule has 0 saturated carbocycles. The third-order valence-electron chi connectivity index (χ3n) is 4.56. The van der Waals surface area contributed by atoms with Crippen molar-refractivity contribution < 1.29 is 9.18 Å². The molecule has 4 rings (SSSR count). The smallest absolute Gasteiger partial charge is 0.277 e. The lowest BCUT2D eigenvalue weighted by Gasteiger charge is -2.04. The first-order chi connectivity index (χ1) is 14.4. The van der Waals surface area contributed by atoms with Gasteiger partial charge in [0.25, 0.3) is 5.91 Å². The zero-order chi connectivity index (χ0) is 21.3. The van der Waals surface area contributed by atoms with Crippen molar-refractivity contribution in [2.75, 3.05) is 5.32 Å². The Morgan fingerprint density at radius 3 is 2.63 bits per heavy atom. The molecule has 0 aliphatic rings. The van der Waals surface area contributed by atoms with Crippen LogP contribution in [-0.2, 0) is 13.2 Å². The Labute approximate surface area is 176 Å². The van der Waals surface area contributed by atoms with Crippen molar-refractivity contribution in [3.8, 4) is 0 Å². The molecule has 10 heteroatoms. The average Bonchev–Trinajstić information content (AvgIpc) is 3.40. The second kappa shape index (κ2) is 8.11. The van der Waals surface area contributed by atoms with Gasteiger partial charge in [0.05, 0.1) is 23.0 Å². The van der Waals surface area contributed by atoms with E-state index in [-0.39, 0.29) is 17.4 Å². The molecule has 0 spiro atoms. The van der Waals surface area contributed by atoms with Crippen molar-refractivity contribution in [1.82, 2.24) is 29.3 Å². The number of carbonyl (C=O) groups is 1. The minimum Gasteiger partial charge on any atom is -0.304 e. The fourth-order valence-corrected chi connectivity index (χ4v) is 3.17. The van der Waals surface area contributed by atoms with E-state index in [2.05, 4.69) is 20.6 Å². The Morgan fingerprint density at radius 2 is 1.90 bits per heavy atom. The van der Waals surface area contributed by atoms with Crippen LogP contribution in [0.4, 0.5) is 10.2 Å². The predicted molar refractivity (Wildman–Crippen MR) is 110 cm³/mol. The molecule has 30 heavy (non-hydrogen) atoms. The predicted octanol–water partition coefficient (Wildman–Crippen LogP) is 3.49. The standard InChI is InChI=1S/C20H19ClFN7O/c1-13-19(21)14(2)29(24-13)12-28-8-6-17(25-28)20(30)23-18-7-9-27(26-18)11-15-4-3-5-16(22)10-15/h3-10H,11-12H2,1-2H3,(H,23,26,30). The number of rotatable bonds is 6. The summed E-state index contributed by atoms with van der Waals surface area (Å²) in [6.07, 6.45) is 3.41. The van der Waals surface area contributed by atoms with Gasteiger partial charge in [0.1, 0.15) is 12.5 Å². The highest BCUT2D eigenvalue weighted by atomic mass is 35.5. The lowest BCUT2D eigenvalue weighted by Crippen LogP contribution is -2.16. The van der Waals surface area contributed by atoms with Crippen LogP contribution in [0.1, 0.15) is 27.4 Å². The maximum Gasteiger partial charge on any atom is 0.277 e. The quantitative estimate of drug-likeness (QED) is 0.510. The number of nitrogens with zero attached hydrogens (tertiary/aromatic N) is 6. The van der Waals surface area contributed by atoms with Gasteiger partial charge in [-0.25, -0.2) is 9.07 Å². The maximum atomic E-state index is 13.3. The normalized spacial score (nSPS) is 11.1. The van der Waals surface area contributed by atoms with Crippen molar-refractivity contribution in [3.05, 3.63) is 82.3 Å². The van der Waals surface area contributed by atoms with Crippen LogP contribution >= 0.6 is 11.6 Å². The van der Waals surface area contributed by atoms with Gasteiger partial charge in [-0.05, 0) is 37.6 Å². The number of carbonyl (C=O) groups excluding carboxylic acids is 1. The van der Waals surface area contributed by atoms with E-state index < -0.39 is 0 Å². The summed E-state index contributed by atoms with van der Waals surface area (Å²) in [5, 5.41) is 16.3. The molecule has 8 nitrogen and oxygen atoms in total. The van der Waals surface area contributed by atoms with E-state index in [9.17, 15) is 9.18 Å². The van der Waals surface area contributed by atoms with Crippen LogP contribution < -0.4 is 5.32 Å². The number of anilines is 1. The Morgan fingerprint density at radius 1 is 1.10 bits per heavy atom. The minimum absolute atomic E-state index is 0.252. The lowest BCUT2D eigenvalue weighted by atomic mass is 10.2. The Hall–Kier alpha value is -3.46. The van der Waals surface area contributed by atoms with Gasteiger partial charge in [-0.15, -0.1) is 0 Å². The zero-order valence-corrected chi connectivity index (χ0v) is 17.1. The Balaban J connectivity index is 1.40. The van der Waals surface area contributed by atoms with Gasteiger partial charge in [-0.3, -0.25) is 14.2 Å². The molecule has 0 saturated heterocycles. The summed E-state index contributed by atoms with van der Waals surface area (Å²) < 4.78 is 18.3. The zero-order valence-electron chi connectivity index (χ0n) is 16.4. The van der Waals surface area contributed by atoms with E-state index in [0.717, 1.165) is 17.0 Å². The van der Waals surface area contributed by atoms with Crippen LogP contribution in [0.25, 0.3) is 0 Å². The molecule has 0 aliphatic heterocycles. The number of nitrogens with one attached hydrogen (secondary N) is 1. The van der Waals surface area contributed by atoms with Crippen molar-refractivity contribution in [3.63, 3.8) is 0 Å². The van der Waals surface area contributed by atoms with E-state index in [1.165, 1.54) is 12.1 Å². The topological polar surface area (TPSA) is 82.6 Å². The fraction of sp³-hybridized carbons (Fsp3) is 0.200. The Bertz CT molecular complexity index is 1210. The van der Waals surface area contributed by atoms with Crippen LogP contribution in [0.5, 0.6) is 0 Å². The van der Waals surface area contributed by atoms with Crippen molar-refractivity contribution in [2.45, 2.75) is 27.1 Å². The monoisotopic (exact) mass is 427 g/mol. The minimum atomic E-state index is -0.379. The molecule has 0 aliphatic carbocycles. The third kappa shape index (κ3) is 4.25. The lowest BCUT2D eigenvalue weighted by molar-refractivity contribution is 0.102. The fourth-order valence-electron chi connectivity index (χ4n) is 3.03. The number of benzene rings is 1. The molecule has 1 amide bonds. The largest absolute Gasteiger partial charge is 0.304 e. The molecule has 3 aromatic heterocycles. The van der Waals surface area contributed by atoms with Gasteiger partial charge >= 0.3 is 0 Å². The average molecular weight is 428 g/mol. The molecular formula is C20H19ClFN7O.